The van der Waals surface area contributed by atoms with Crippen molar-refractivity contribution < 1.29 is 4.74 Å². The summed E-state index contributed by atoms with van der Waals surface area (Å²) in [4.78, 5) is 7.67. The van der Waals surface area contributed by atoms with Crippen molar-refractivity contribution in [2.75, 3.05) is 13.7 Å². The molecule has 1 aromatic carbocycles. The maximum absolute atomic E-state index is 5.40. The second kappa shape index (κ2) is 5.31. The molecule has 0 amide bonds. The fourth-order valence-electron chi connectivity index (χ4n) is 2.93. The van der Waals surface area contributed by atoms with Gasteiger partial charge in [-0.05, 0) is 12.1 Å². The number of fused-ring (bicyclic) bond motifs is 1. The standard InChI is InChI=1S/C16H17N5O/c1-22-14-5-3-2-4-13(14)21-9-11(8-20-21)15-16-12(6-7-17-15)18-10-19-16/h2-5,8-10,15,17H,6-7H2,1H3,(H,18,19). The Morgan fingerprint density at radius 2 is 2.23 bits per heavy atom. The van der Waals surface area contributed by atoms with Gasteiger partial charge in [0, 0.05) is 30.4 Å². The van der Waals surface area contributed by atoms with E-state index in [1.165, 1.54) is 5.69 Å². The summed E-state index contributed by atoms with van der Waals surface area (Å²) in [5.41, 5.74) is 4.29. The first kappa shape index (κ1) is 13.1. The molecule has 2 N–H and O–H groups in total. The summed E-state index contributed by atoms with van der Waals surface area (Å²) in [6.45, 7) is 0.930. The highest BCUT2D eigenvalue weighted by atomic mass is 16.5. The lowest BCUT2D eigenvalue weighted by atomic mass is 10.0. The van der Waals surface area contributed by atoms with Gasteiger partial charge in [0.1, 0.15) is 11.4 Å². The Morgan fingerprint density at radius 1 is 1.32 bits per heavy atom. The molecule has 0 saturated heterocycles. The molecule has 1 atom stereocenters. The summed E-state index contributed by atoms with van der Waals surface area (Å²) in [6.07, 6.45) is 6.65. The quantitative estimate of drug-likeness (QED) is 0.773. The summed E-state index contributed by atoms with van der Waals surface area (Å²) in [5, 5.41) is 7.99. The van der Waals surface area contributed by atoms with E-state index in [2.05, 4.69) is 20.4 Å². The van der Waals surface area contributed by atoms with E-state index < -0.39 is 0 Å². The molecular formula is C16H17N5O. The van der Waals surface area contributed by atoms with Gasteiger partial charge in [0.2, 0.25) is 0 Å². The number of methoxy groups -OCH3 is 1. The molecule has 0 radical (unpaired) electrons. The zero-order valence-corrected chi connectivity index (χ0v) is 12.3. The van der Waals surface area contributed by atoms with Crippen LogP contribution in [0.25, 0.3) is 5.69 Å². The first-order valence-corrected chi connectivity index (χ1v) is 7.30. The van der Waals surface area contributed by atoms with Crippen LogP contribution in [0.3, 0.4) is 0 Å². The van der Waals surface area contributed by atoms with E-state index in [-0.39, 0.29) is 6.04 Å². The highest BCUT2D eigenvalue weighted by Gasteiger charge is 2.25. The van der Waals surface area contributed by atoms with Gasteiger partial charge in [-0.15, -0.1) is 0 Å². The van der Waals surface area contributed by atoms with Crippen molar-refractivity contribution in [1.29, 1.82) is 0 Å². The largest absolute Gasteiger partial charge is 0.494 e. The lowest BCUT2D eigenvalue weighted by Crippen LogP contribution is -2.30. The van der Waals surface area contributed by atoms with Gasteiger partial charge in [-0.1, -0.05) is 12.1 Å². The van der Waals surface area contributed by atoms with E-state index in [1.807, 2.05) is 41.3 Å². The lowest BCUT2D eigenvalue weighted by Gasteiger charge is -2.21. The van der Waals surface area contributed by atoms with E-state index in [9.17, 15) is 0 Å². The number of aromatic amines is 1. The third-order valence-corrected chi connectivity index (χ3v) is 4.02. The smallest absolute Gasteiger partial charge is 0.144 e. The zero-order chi connectivity index (χ0) is 14.9. The highest BCUT2D eigenvalue weighted by molar-refractivity contribution is 5.46. The maximum Gasteiger partial charge on any atom is 0.144 e. The summed E-state index contributed by atoms with van der Waals surface area (Å²) >= 11 is 0. The number of benzene rings is 1. The van der Waals surface area contributed by atoms with Gasteiger partial charge in [0.25, 0.3) is 0 Å². The predicted molar refractivity (Wildman–Crippen MR) is 82.3 cm³/mol. The van der Waals surface area contributed by atoms with Crippen LogP contribution >= 0.6 is 0 Å². The minimum atomic E-state index is 0.0819. The maximum atomic E-state index is 5.40. The Hall–Kier alpha value is -2.60. The van der Waals surface area contributed by atoms with Crippen LogP contribution in [0.2, 0.25) is 0 Å². The molecule has 0 aliphatic carbocycles. The fraction of sp³-hybridized carbons (Fsp3) is 0.250. The third kappa shape index (κ3) is 2.08. The molecule has 6 nitrogen and oxygen atoms in total. The Labute approximate surface area is 128 Å². The van der Waals surface area contributed by atoms with E-state index in [0.29, 0.717) is 0 Å². The average Bonchev–Trinajstić information content (AvgIpc) is 3.23. The van der Waals surface area contributed by atoms with E-state index >= 15 is 0 Å². The van der Waals surface area contributed by atoms with Crippen LogP contribution in [0.5, 0.6) is 5.75 Å². The number of hydrogen-bond acceptors (Lipinski definition) is 4. The SMILES string of the molecule is COc1ccccc1-n1cc(C2NCCc3[nH]cnc32)cn1. The van der Waals surface area contributed by atoms with Crippen molar-refractivity contribution in [2.45, 2.75) is 12.5 Å². The molecule has 1 unspecified atom stereocenters. The van der Waals surface area contributed by atoms with Gasteiger partial charge in [-0.3, -0.25) is 0 Å². The molecule has 0 bridgehead atoms. The molecule has 6 heteroatoms. The van der Waals surface area contributed by atoms with Gasteiger partial charge in [-0.2, -0.15) is 5.10 Å². The molecule has 4 rings (SSSR count). The number of H-pyrrole nitrogens is 1. The van der Waals surface area contributed by atoms with Crippen LogP contribution in [-0.2, 0) is 6.42 Å². The van der Waals surface area contributed by atoms with Crippen molar-refractivity contribution in [3.05, 3.63) is 59.9 Å². The van der Waals surface area contributed by atoms with Gasteiger partial charge in [0.15, 0.2) is 0 Å². The first-order valence-electron chi connectivity index (χ1n) is 7.30. The Balaban J connectivity index is 1.71. The van der Waals surface area contributed by atoms with Gasteiger partial charge < -0.3 is 15.0 Å². The number of aromatic nitrogens is 4. The summed E-state index contributed by atoms with van der Waals surface area (Å²) in [6, 6.07) is 7.93. The Morgan fingerprint density at radius 3 is 3.14 bits per heavy atom. The highest BCUT2D eigenvalue weighted by Crippen LogP contribution is 2.28. The van der Waals surface area contributed by atoms with Gasteiger partial charge in [-0.25, -0.2) is 9.67 Å². The number of rotatable bonds is 3. The van der Waals surface area contributed by atoms with Crippen molar-refractivity contribution >= 4 is 0 Å². The van der Waals surface area contributed by atoms with Crippen LogP contribution in [0.4, 0.5) is 0 Å². The van der Waals surface area contributed by atoms with Crippen LogP contribution in [0, 0.1) is 0 Å². The Kier molecular flexibility index (Phi) is 3.16. The summed E-state index contributed by atoms with van der Waals surface area (Å²) in [7, 11) is 1.67. The summed E-state index contributed by atoms with van der Waals surface area (Å²) in [5.74, 6) is 0.800. The molecule has 0 spiro atoms. The molecule has 112 valence electrons. The summed E-state index contributed by atoms with van der Waals surface area (Å²) < 4.78 is 7.25. The number of imidazole rings is 1. The van der Waals surface area contributed by atoms with Crippen LogP contribution in [-0.4, -0.2) is 33.4 Å². The average molecular weight is 295 g/mol. The van der Waals surface area contributed by atoms with E-state index in [0.717, 1.165) is 35.7 Å². The second-order valence-corrected chi connectivity index (χ2v) is 5.29. The molecule has 1 aliphatic heterocycles. The number of nitrogens with one attached hydrogen (secondary N) is 2. The molecule has 0 fully saturated rings. The molecule has 3 heterocycles. The van der Waals surface area contributed by atoms with Gasteiger partial charge in [0.05, 0.1) is 31.4 Å². The van der Waals surface area contributed by atoms with Crippen LogP contribution in [0.1, 0.15) is 23.0 Å². The lowest BCUT2D eigenvalue weighted by molar-refractivity contribution is 0.411. The molecular weight excluding hydrogens is 278 g/mol. The molecule has 2 aromatic heterocycles. The van der Waals surface area contributed by atoms with Crippen molar-refractivity contribution in [1.82, 2.24) is 25.1 Å². The Bertz CT molecular complexity index is 791. The third-order valence-electron chi connectivity index (χ3n) is 4.02. The van der Waals surface area contributed by atoms with Crippen LogP contribution < -0.4 is 10.1 Å². The number of hydrogen-bond donors (Lipinski definition) is 2. The normalized spacial score (nSPS) is 17.2. The van der Waals surface area contributed by atoms with Crippen LogP contribution in [0.15, 0.2) is 43.0 Å². The predicted octanol–water partition coefficient (Wildman–Crippen LogP) is 1.84. The zero-order valence-electron chi connectivity index (χ0n) is 12.3. The van der Waals surface area contributed by atoms with Crippen molar-refractivity contribution in [3.63, 3.8) is 0 Å². The molecule has 0 saturated carbocycles. The van der Waals surface area contributed by atoms with Crippen molar-refractivity contribution in [3.8, 4) is 11.4 Å². The molecule has 1 aliphatic rings. The molecule has 3 aromatic rings. The van der Waals surface area contributed by atoms with E-state index in [4.69, 9.17) is 4.74 Å². The topological polar surface area (TPSA) is 67.8 Å². The molecule has 22 heavy (non-hydrogen) atoms. The number of nitrogens with zero attached hydrogens (tertiary/aromatic N) is 3. The number of para-hydroxylation sites is 2. The van der Waals surface area contributed by atoms with Crippen molar-refractivity contribution in [2.24, 2.45) is 0 Å². The first-order chi connectivity index (χ1) is 10.9. The monoisotopic (exact) mass is 295 g/mol. The number of ether oxygens (including phenoxy) is 1. The van der Waals surface area contributed by atoms with E-state index in [1.54, 1.807) is 13.4 Å². The fourth-order valence-corrected chi connectivity index (χ4v) is 2.93. The second-order valence-electron chi connectivity index (χ2n) is 5.29. The minimum Gasteiger partial charge on any atom is -0.494 e. The van der Waals surface area contributed by atoms with Gasteiger partial charge >= 0.3 is 0 Å². The minimum absolute atomic E-state index is 0.0819.